The van der Waals surface area contributed by atoms with Gasteiger partial charge in [-0.2, -0.15) is 0 Å². The molecule has 4 nitrogen and oxygen atoms in total. The molecule has 0 radical (unpaired) electrons. The van der Waals surface area contributed by atoms with Crippen LogP contribution in [-0.2, 0) is 19.4 Å². The maximum atomic E-state index is 12.0. The number of carbonyl (C=O) groups is 1. The quantitative estimate of drug-likeness (QED) is 0.613. The van der Waals surface area contributed by atoms with Gasteiger partial charge < -0.3 is 10.2 Å². The first-order chi connectivity index (χ1) is 11.3. The van der Waals surface area contributed by atoms with Crippen molar-refractivity contribution in [3.8, 4) is 16.2 Å². The van der Waals surface area contributed by atoms with Crippen molar-refractivity contribution in [2.45, 2.75) is 39.7 Å². The number of hydrogen-bond donors (Lipinski definition) is 4. The molecule has 1 aliphatic rings. The van der Waals surface area contributed by atoms with E-state index in [1.165, 1.54) is 4.88 Å². The van der Waals surface area contributed by atoms with Gasteiger partial charge in [0.15, 0.2) is 0 Å². The summed E-state index contributed by atoms with van der Waals surface area (Å²) in [7, 11) is 0. The lowest BCUT2D eigenvalue weighted by Crippen LogP contribution is -2.22. The van der Waals surface area contributed by atoms with Gasteiger partial charge in [-0.25, -0.2) is 4.79 Å². The van der Waals surface area contributed by atoms with Crippen LogP contribution in [0.4, 0.5) is 0 Å². The summed E-state index contributed by atoms with van der Waals surface area (Å²) in [5, 5.41) is 19.6. The molecule has 128 valence electrons. The summed E-state index contributed by atoms with van der Waals surface area (Å²) in [6.07, 6.45) is 2.78. The Morgan fingerprint density at radius 2 is 2.17 bits per heavy atom. The van der Waals surface area contributed by atoms with Crippen LogP contribution in [0.25, 0.3) is 10.4 Å². The van der Waals surface area contributed by atoms with Crippen molar-refractivity contribution in [3.63, 3.8) is 0 Å². The number of hydrogen-bond acceptors (Lipinski definition) is 5. The van der Waals surface area contributed by atoms with Crippen molar-refractivity contribution in [1.29, 1.82) is 0 Å². The number of phenols is 1. The zero-order valence-electron chi connectivity index (χ0n) is 13.7. The van der Waals surface area contributed by atoms with Crippen LogP contribution in [0.1, 0.15) is 46.6 Å². The number of carboxylic acids is 1. The molecule has 1 aromatic heterocycles. The molecule has 24 heavy (non-hydrogen) atoms. The summed E-state index contributed by atoms with van der Waals surface area (Å²) in [5.41, 5.74) is 3.22. The van der Waals surface area contributed by atoms with Crippen molar-refractivity contribution in [3.05, 3.63) is 39.8 Å². The molecule has 0 saturated carbocycles. The molecule has 0 aliphatic heterocycles. The molecule has 0 fully saturated rings. The van der Waals surface area contributed by atoms with Crippen LogP contribution in [0.5, 0.6) is 5.75 Å². The lowest BCUT2D eigenvalue weighted by Gasteiger charge is -2.29. The molecule has 3 N–H and O–H groups in total. The normalized spacial score (nSPS) is 16.0. The lowest BCUT2D eigenvalue weighted by molar-refractivity contribution is 0.0696. The predicted octanol–water partition coefficient (Wildman–Crippen LogP) is 4.27. The fourth-order valence-corrected chi connectivity index (χ4v) is 4.91. The van der Waals surface area contributed by atoms with Crippen molar-refractivity contribution < 1.29 is 15.0 Å². The van der Waals surface area contributed by atoms with E-state index in [1.807, 2.05) is 0 Å². The number of thiol groups is 1. The van der Waals surface area contributed by atoms with E-state index in [1.54, 1.807) is 29.5 Å². The van der Waals surface area contributed by atoms with E-state index >= 15 is 0 Å². The second kappa shape index (κ2) is 6.43. The van der Waals surface area contributed by atoms with Crippen LogP contribution in [-0.4, -0.2) is 16.2 Å². The second-order valence-corrected chi connectivity index (χ2v) is 8.45. The van der Waals surface area contributed by atoms with Gasteiger partial charge in [0.25, 0.3) is 0 Å². The number of fused-ring (bicyclic) bond motifs is 1. The van der Waals surface area contributed by atoms with Crippen LogP contribution >= 0.6 is 24.2 Å². The average Bonchev–Trinajstić information content (AvgIpc) is 2.84. The van der Waals surface area contributed by atoms with Gasteiger partial charge in [-0.3, -0.25) is 4.72 Å². The number of phenolic OH excluding ortho intramolecular Hbond substituents is 1. The van der Waals surface area contributed by atoms with E-state index in [-0.39, 0.29) is 11.2 Å². The van der Waals surface area contributed by atoms with Crippen molar-refractivity contribution in [1.82, 2.24) is 4.72 Å². The minimum atomic E-state index is -0.877. The Morgan fingerprint density at radius 1 is 1.42 bits per heavy atom. The molecule has 0 unspecified atom stereocenters. The highest BCUT2D eigenvalue weighted by molar-refractivity contribution is 7.78. The Bertz CT molecular complexity index is 796. The number of rotatable bonds is 4. The molecule has 1 aromatic carbocycles. The average molecular weight is 364 g/mol. The Labute approximate surface area is 151 Å². The zero-order valence-corrected chi connectivity index (χ0v) is 15.4. The van der Waals surface area contributed by atoms with Gasteiger partial charge in [0.05, 0.1) is 5.56 Å². The molecule has 1 heterocycles. The number of benzene rings is 1. The first kappa shape index (κ1) is 17.3. The molecule has 0 atom stereocenters. The van der Waals surface area contributed by atoms with E-state index in [9.17, 15) is 15.0 Å². The zero-order chi connectivity index (χ0) is 17.5. The SMILES string of the molecule is CC1(C)CCc2sc(-c3ccc(O)cc3CNS)c(C(=O)O)c2C1. The van der Waals surface area contributed by atoms with Crippen LogP contribution < -0.4 is 4.72 Å². The summed E-state index contributed by atoms with van der Waals surface area (Å²) < 4.78 is 2.79. The molecular formula is C18H21NO3S2. The molecule has 6 heteroatoms. The number of aromatic carboxylic acids is 1. The fourth-order valence-electron chi connectivity index (χ4n) is 3.37. The molecule has 3 rings (SSSR count). The summed E-state index contributed by atoms with van der Waals surface area (Å²) in [5.74, 6) is -0.713. The lowest BCUT2D eigenvalue weighted by atomic mass is 9.76. The molecular weight excluding hydrogens is 342 g/mol. The molecule has 0 spiro atoms. The third-order valence-electron chi connectivity index (χ3n) is 4.59. The van der Waals surface area contributed by atoms with Gasteiger partial charge in [-0.05, 0) is 59.6 Å². The Balaban J connectivity index is 2.20. The van der Waals surface area contributed by atoms with E-state index < -0.39 is 5.97 Å². The topological polar surface area (TPSA) is 69.6 Å². The minimum Gasteiger partial charge on any atom is -0.508 e. The number of aromatic hydroxyl groups is 1. The summed E-state index contributed by atoms with van der Waals surface area (Å²) in [6, 6.07) is 5.06. The van der Waals surface area contributed by atoms with Crippen LogP contribution in [0.15, 0.2) is 18.2 Å². The van der Waals surface area contributed by atoms with E-state index in [0.29, 0.717) is 12.1 Å². The van der Waals surface area contributed by atoms with Gasteiger partial charge in [0, 0.05) is 16.3 Å². The Morgan fingerprint density at radius 3 is 2.83 bits per heavy atom. The first-order valence-corrected chi connectivity index (χ1v) is 9.16. The maximum absolute atomic E-state index is 12.0. The third kappa shape index (κ3) is 3.18. The van der Waals surface area contributed by atoms with E-state index in [2.05, 4.69) is 31.4 Å². The summed E-state index contributed by atoms with van der Waals surface area (Å²) in [6.45, 7) is 4.82. The van der Waals surface area contributed by atoms with Gasteiger partial charge >= 0.3 is 5.97 Å². The highest BCUT2D eigenvalue weighted by Gasteiger charge is 2.33. The van der Waals surface area contributed by atoms with Gasteiger partial charge in [0.1, 0.15) is 5.75 Å². The Hall–Kier alpha value is -1.50. The molecule has 0 amide bonds. The number of thiophene rings is 1. The number of carboxylic acid groups (broad SMARTS) is 1. The standard InChI is InChI=1S/C18H21NO3S2/c1-18(2)6-5-14-13(8-18)15(17(21)22)16(24-14)12-4-3-11(20)7-10(12)9-19-23/h3-4,7,19-20,23H,5-6,8-9H2,1-2H3,(H,21,22). The van der Waals surface area contributed by atoms with Crippen LogP contribution in [0, 0.1) is 5.41 Å². The molecule has 1 aliphatic carbocycles. The van der Waals surface area contributed by atoms with Gasteiger partial charge in [0.2, 0.25) is 0 Å². The second-order valence-electron chi connectivity index (χ2n) is 7.03. The minimum absolute atomic E-state index is 0.125. The van der Waals surface area contributed by atoms with Gasteiger partial charge in [-0.15, -0.1) is 11.3 Å². The number of aryl methyl sites for hydroxylation is 1. The largest absolute Gasteiger partial charge is 0.508 e. The smallest absolute Gasteiger partial charge is 0.337 e. The molecule has 2 aromatic rings. The fraction of sp³-hybridized carbons (Fsp3) is 0.389. The van der Waals surface area contributed by atoms with Crippen molar-refractivity contribution in [2.75, 3.05) is 0 Å². The van der Waals surface area contributed by atoms with Gasteiger partial charge in [-0.1, -0.05) is 26.7 Å². The first-order valence-electron chi connectivity index (χ1n) is 7.89. The van der Waals surface area contributed by atoms with E-state index in [4.69, 9.17) is 0 Å². The molecule has 0 bridgehead atoms. The van der Waals surface area contributed by atoms with Crippen molar-refractivity contribution in [2.24, 2.45) is 5.41 Å². The van der Waals surface area contributed by atoms with Crippen molar-refractivity contribution >= 4 is 30.1 Å². The highest BCUT2D eigenvalue weighted by atomic mass is 32.1. The van der Waals surface area contributed by atoms with Crippen LogP contribution in [0.2, 0.25) is 0 Å². The maximum Gasteiger partial charge on any atom is 0.337 e. The van der Waals surface area contributed by atoms with E-state index in [0.717, 1.165) is 40.8 Å². The third-order valence-corrected chi connectivity index (χ3v) is 6.07. The summed E-state index contributed by atoms with van der Waals surface area (Å²) >= 11 is 5.62. The highest BCUT2D eigenvalue weighted by Crippen LogP contribution is 2.46. The molecule has 0 saturated heterocycles. The monoisotopic (exact) mass is 363 g/mol. The predicted molar refractivity (Wildman–Crippen MR) is 100 cm³/mol. The summed E-state index contributed by atoms with van der Waals surface area (Å²) in [4.78, 5) is 14.0. The Kier molecular flexibility index (Phi) is 4.64. The van der Waals surface area contributed by atoms with Crippen LogP contribution in [0.3, 0.4) is 0 Å². The number of nitrogens with one attached hydrogen (secondary N) is 1.